The summed E-state index contributed by atoms with van der Waals surface area (Å²) >= 11 is 1.58. The van der Waals surface area contributed by atoms with Gasteiger partial charge in [-0.3, -0.25) is 4.79 Å². The smallest absolute Gasteiger partial charge is 0.197 e. The monoisotopic (exact) mass is 286 g/mol. The summed E-state index contributed by atoms with van der Waals surface area (Å²) in [4.78, 5) is 13.7. The molecule has 20 heavy (non-hydrogen) atoms. The van der Waals surface area contributed by atoms with Crippen LogP contribution in [-0.2, 0) is 0 Å². The first-order valence-electron chi connectivity index (χ1n) is 6.67. The van der Waals surface area contributed by atoms with Crippen LogP contribution in [0.2, 0.25) is 0 Å². The Morgan fingerprint density at radius 3 is 2.40 bits per heavy atom. The number of benzene rings is 2. The molecule has 104 valence electrons. The number of carbonyl (C=O) groups excluding carboxylic acids is 1. The molecule has 0 bridgehead atoms. The van der Waals surface area contributed by atoms with Crippen LogP contribution in [0.4, 0.5) is 0 Å². The summed E-state index contributed by atoms with van der Waals surface area (Å²) in [6, 6.07) is 15.1. The summed E-state index contributed by atoms with van der Waals surface area (Å²) in [7, 11) is 0. The number of ether oxygens (including phenoxy) is 1. The van der Waals surface area contributed by atoms with Crippen LogP contribution in [0.15, 0.2) is 53.4 Å². The molecule has 2 aromatic rings. The maximum absolute atomic E-state index is 12.7. The van der Waals surface area contributed by atoms with Crippen LogP contribution >= 0.6 is 11.8 Å². The van der Waals surface area contributed by atoms with E-state index in [1.807, 2.05) is 61.7 Å². The maximum Gasteiger partial charge on any atom is 0.197 e. The van der Waals surface area contributed by atoms with E-state index in [4.69, 9.17) is 4.74 Å². The lowest BCUT2D eigenvalue weighted by Crippen LogP contribution is -2.07. The number of thioether (sulfide) groups is 1. The van der Waals surface area contributed by atoms with E-state index in [1.165, 1.54) is 0 Å². The van der Waals surface area contributed by atoms with E-state index >= 15 is 0 Å². The lowest BCUT2D eigenvalue weighted by molar-refractivity contribution is 0.103. The minimum absolute atomic E-state index is 0.0154. The first-order chi connectivity index (χ1) is 9.77. The van der Waals surface area contributed by atoms with Crippen LogP contribution in [0.1, 0.15) is 29.3 Å². The van der Waals surface area contributed by atoms with Gasteiger partial charge in [-0.1, -0.05) is 31.2 Å². The fraction of sp³-hybridized carbons (Fsp3) is 0.235. The van der Waals surface area contributed by atoms with Crippen molar-refractivity contribution in [1.29, 1.82) is 0 Å². The summed E-state index contributed by atoms with van der Waals surface area (Å²) in [6.07, 6.45) is 2.90. The highest BCUT2D eigenvalue weighted by Crippen LogP contribution is 2.26. The third-order valence-corrected chi connectivity index (χ3v) is 3.74. The molecule has 0 aliphatic rings. The zero-order valence-corrected chi connectivity index (χ0v) is 12.6. The summed E-state index contributed by atoms with van der Waals surface area (Å²) in [5.74, 6) is 0.678. The highest BCUT2D eigenvalue weighted by Gasteiger charge is 2.16. The molecule has 0 unspecified atom stereocenters. The van der Waals surface area contributed by atoms with E-state index in [-0.39, 0.29) is 5.78 Å². The Balaban J connectivity index is 2.38. The molecule has 0 amide bonds. The maximum atomic E-state index is 12.7. The van der Waals surface area contributed by atoms with E-state index in [0.717, 1.165) is 16.9 Å². The van der Waals surface area contributed by atoms with Crippen LogP contribution < -0.4 is 4.74 Å². The van der Waals surface area contributed by atoms with E-state index in [9.17, 15) is 4.79 Å². The van der Waals surface area contributed by atoms with E-state index in [0.29, 0.717) is 17.9 Å². The predicted octanol–water partition coefficient (Wildman–Crippen LogP) is 4.43. The molecule has 0 saturated heterocycles. The van der Waals surface area contributed by atoms with Crippen LogP contribution in [0.5, 0.6) is 5.75 Å². The largest absolute Gasteiger partial charge is 0.493 e. The normalized spacial score (nSPS) is 10.3. The topological polar surface area (TPSA) is 26.3 Å². The van der Waals surface area contributed by atoms with Crippen molar-refractivity contribution in [3.63, 3.8) is 0 Å². The van der Waals surface area contributed by atoms with Gasteiger partial charge in [0.25, 0.3) is 0 Å². The molecule has 0 heterocycles. The van der Waals surface area contributed by atoms with Gasteiger partial charge in [-0.15, -0.1) is 11.8 Å². The highest BCUT2D eigenvalue weighted by molar-refractivity contribution is 7.98. The molecule has 3 heteroatoms. The first-order valence-corrected chi connectivity index (χ1v) is 7.90. The Hall–Kier alpha value is -1.74. The molecule has 0 fully saturated rings. The second kappa shape index (κ2) is 7.15. The van der Waals surface area contributed by atoms with Gasteiger partial charge in [-0.25, -0.2) is 0 Å². The molecule has 0 N–H and O–H groups in total. The van der Waals surface area contributed by atoms with Gasteiger partial charge in [0.2, 0.25) is 0 Å². The number of carbonyl (C=O) groups is 1. The number of para-hydroxylation sites is 1. The third-order valence-electron chi connectivity index (χ3n) is 2.94. The Morgan fingerprint density at radius 1 is 1.05 bits per heavy atom. The van der Waals surface area contributed by atoms with Gasteiger partial charge >= 0.3 is 0 Å². The minimum atomic E-state index is 0.0154. The van der Waals surface area contributed by atoms with Gasteiger partial charge in [0.05, 0.1) is 12.2 Å². The lowest BCUT2D eigenvalue weighted by Gasteiger charge is -2.11. The van der Waals surface area contributed by atoms with Gasteiger partial charge in [-0.05, 0) is 36.9 Å². The Morgan fingerprint density at radius 2 is 1.70 bits per heavy atom. The predicted molar refractivity (Wildman–Crippen MR) is 83.9 cm³/mol. The molecular weight excluding hydrogens is 268 g/mol. The Kier molecular flexibility index (Phi) is 5.24. The number of hydrogen-bond acceptors (Lipinski definition) is 3. The van der Waals surface area contributed by atoms with Crippen molar-refractivity contribution in [2.75, 3.05) is 12.9 Å². The second-order valence-electron chi connectivity index (χ2n) is 4.37. The van der Waals surface area contributed by atoms with Crippen molar-refractivity contribution >= 4 is 17.5 Å². The molecule has 0 spiro atoms. The molecule has 0 atom stereocenters. The molecule has 2 aromatic carbocycles. The SMILES string of the molecule is CCCOc1ccccc1C(=O)c1ccccc1SC. The number of ketones is 1. The van der Waals surface area contributed by atoms with E-state index in [2.05, 4.69) is 0 Å². The van der Waals surface area contributed by atoms with Crippen LogP contribution in [-0.4, -0.2) is 18.6 Å². The Bertz CT molecular complexity index is 593. The fourth-order valence-corrected chi connectivity index (χ4v) is 2.56. The first kappa shape index (κ1) is 14.7. The van der Waals surface area contributed by atoms with Crippen molar-refractivity contribution in [1.82, 2.24) is 0 Å². The number of rotatable bonds is 6. The zero-order chi connectivity index (χ0) is 14.4. The molecule has 0 radical (unpaired) electrons. The summed E-state index contributed by atoms with van der Waals surface area (Å²) in [5, 5.41) is 0. The van der Waals surface area contributed by atoms with Crippen molar-refractivity contribution in [3.8, 4) is 5.75 Å². The van der Waals surface area contributed by atoms with Gasteiger partial charge < -0.3 is 4.74 Å². The van der Waals surface area contributed by atoms with Crippen molar-refractivity contribution in [2.24, 2.45) is 0 Å². The van der Waals surface area contributed by atoms with Crippen LogP contribution in [0.3, 0.4) is 0 Å². The molecule has 0 aromatic heterocycles. The molecule has 0 aliphatic carbocycles. The van der Waals surface area contributed by atoms with E-state index in [1.54, 1.807) is 11.8 Å². The van der Waals surface area contributed by atoms with Crippen LogP contribution in [0, 0.1) is 0 Å². The standard InChI is InChI=1S/C17H18O2S/c1-3-12-19-15-10-6-4-8-13(15)17(18)14-9-5-7-11-16(14)20-2/h4-11H,3,12H2,1-2H3. The third kappa shape index (κ3) is 3.23. The summed E-state index contributed by atoms with van der Waals surface area (Å²) in [6.45, 7) is 2.67. The molecule has 0 saturated carbocycles. The average molecular weight is 286 g/mol. The van der Waals surface area contributed by atoms with E-state index < -0.39 is 0 Å². The molecule has 0 aliphatic heterocycles. The summed E-state index contributed by atoms with van der Waals surface area (Å²) < 4.78 is 5.67. The van der Waals surface area contributed by atoms with Gasteiger partial charge in [0.1, 0.15) is 5.75 Å². The average Bonchev–Trinajstić information content (AvgIpc) is 2.52. The Labute approximate surface area is 124 Å². The summed E-state index contributed by atoms with van der Waals surface area (Å²) in [5.41, 5.74) is 1.36. The molecule has 2 rings (SSSR count). The van der Waals surface area contributed by atoms with Gasteiger partial charge in [0, 0.05) is 10.5 Å². The highest BCUT2D eigenvalue weighted by atomic mass is 32.2. The zero-order valence-electron chi connectivity index (χ0n) is 11.8. The van der Waals surface area contributed by atoms with Crippen molar-refractivity contribution in [3.05, 3.63) is 59.7 Å². The minimum Gasteiger partial charge on any atom is -0.493 e. The fourth-order valence-electron chi connectivity index (χ4n) is 1.97. The van der Waals surface area contributed by atoms with Crippen molar-refractivity contribution < 1.29 is 9.53 Å². The lowest BCUT2D eigenvalue weighted by atomic mass is 10.0. The molecular formula is C17H18O2S. The van der Waals surface area contributed by atoms with Crippen LogP contribution in [0.25, 0.3) is 0 Å². The molecule has 2 nitrogen and oxygen atoms in total. The second-order valence-corrected chi connectivity index (χ2v) is 5.22. The van der Waals surface area contributed by atoms with Crippen molar-refractivity contribution in [2.45, 2.75) is 18.2 Å². The van der Waals surface area contributed by atoms with Gasteiger partial charge in [-0.2, -0.15) is 0 Å². The van der Waals surface area contributed by atoms with Gasteiger partial charge in [0.15, 0.2) is 5.78 Å². The quantitative estimate of drug-likeness (QED) is 0.580. The number of hydrogen-bond donors (Lipinski definition) is 0.